The summed E-state index contributed by atoms with van der Waals surface area (Å²) in [6.07, 6.45) is 1.74. The molecule has 0 fully saturated rings. The molecule has 1 aromatic heterocycles. The van der Waals surface area contributed by atoms with Crippen molar-refractivity contribution < 1.29 is 0 Å². The Morgan fingerprint density at radius 2 is 2.47 bits per heavy atom. The highest BCUT2D eigenvalue weighted by Gasteiger charge is 2.06. The van der Waals surface area contributed by atoms with Gasteiger partial charge in [-0.05, 0) is 13.3 Å². The summed E-state index contributed by atoms with van der Waals surface area (Å²) in [6, 6.07) is 3.59. The maximum Gasteiger partial charge on any atom is 0.251 e. The zero-order chi connectivity index (χ0) is 11.3. The minimum atomic E-state index is -0.204. The first-order valence-corrected chi connectivity index (χ1v) is 5.70. The van der Waals surface area contributed by atoms with Crippen LogP contribution in [0.15, 0.2) is 16.0 Å². The second-order valence-corrected chi connectivity index (χ2v) is 4.51. The van der Waals surface area contributed by atoms with Crippen molar-refractivity contribution in [1.82, 2.24) is 9.97 Å². The molecular weight excluding hydrogens is 210 g/mol. The van der Waals surface area contributed by atoms with E-state index in [0.717, 1.165) is 18.5 Å². The van der Waals surface area contributed by atoms with Crippen molar-refractivity contribution in [3.8, 4) is 6.07 Å². The van der Waals surface area contributed by atoms with E-state index in [4.69, 9.17) is 5.26 Å². The van der Waals surface area contributed by atoms with E-state index in [0.29, 0.717) is 5.16 Å². The molecule has 1 aromatic rings. The molecule has 0 aromatic carbocycles. The van der Waals surface area contributed by atoms with Gasteiger partial charge in [-0.15, -0.1) is 0 Å². The van der Waals surface area contributed by atoms with E-state index in [1.807, 2.05) is 6.92 Å². The van der Waals surface area contributed by atoms with Gasteiger partial charge < -0.3 is 4.98 Å². The van der Waals surface area contributed by atoms with E-state index in [1.165, 1.54) is 17.8 Å². The predicted octanol–water partition coefficient (Wildman–Crippen LogP) is 1.73. The Bertz CT molecular complexity index is 421. The van der Waals surface area contributed by atoms with Crippen LogP contribution < -0.4 is 5.56 Å². The lowest BCUT2D eigenvalue weighted by Gasteiger charge is -2.03. The van der Waals surface area contributed by atoms with Crippen LogP contribution in [0.3, 0.4) is 0 Å². The molecule has 0 aliphatic carbocycles. The standard InChI is InChI=1S/C10H13N3OS/c1-3-4-8-5-9(14)13-10(12-8)15-7(2)6-11/h5,7H,3-4H2,1-2H3,(H,12,13,14)/t7-/m1/s1. The first kappa shape index (κ1) is 11.8. The van der Waals surface area contributed by atoms with Crippen LogP contribution in [0.4, 0.5) is 0 Å². The molecule has 1 rings (SSSR count). The molecule has 5 heteroatoms. The highest BCUT2D eigenvalue weighted by Crippen LogP contribution is 2.17. The third-order valence-electron chi connectivity index (χ3n) is 1.75. The van der Waals surface area contributed by atoms with Crippen LogP contribution >= 0.6 is 11.8 Å². The summed E-state index contributed by atoms with van der Waals surface area (Å²) < 4.78 is 0. The van der Waals surface area contributed by atoms with Crippen LogP contribution in [0.2, 0.25) is 0 Å². The van der Waals surface area contributed by atoms with E-state index in [-0.39, 0.29) is 10.8 Å². The smallest absolute Gasteiger partial charge is 0.251 e. The Hall–Kier alpha value is -1.28. The maximum absolute atomic E-state index is 11.3. The van der Waals surface area contributed by atoms with E-state index >= 15 is 0 Å². The Balaban J connectivity index is 2.89. The molecule has 0 saturated heterocycles. The number of aromatic nitrogens is 2. The molecule has 15 heavy (non-hydrogen) atoms. The Morgan fingerprint density at radius 3 is 3.07 bits per heavy atom. The third kappa shape index (κ3) is 3.76. The fraction of sp³-hybridized carbons (Fsp3) is 0.500. The zero-order valence-electron chi connectivity index (χ0n) is 8.78. The summed E-state index contributed by atoms with van der Waals surface area (Å²) >= 11 is 1.27. The van der Waals surface area contributed by atoms with Gasteiger partial charge in [-0.1, -0.05) is 25.1 Å². The number of nitrogens with one attached hydrogen (secondary N) is 1. The van der Waals surface area contributed by atoms with Crippen molar-refractivity contribution in [2.24, 2.45) is 0 Å². The van der Waals surface area contributed by atoms with E-state index in [1.54, 1.807) is 6.92 Å². The monoisotopic (exact) mass is 223 g/mol. The summed E-state index contributed by atoms with van der Waals surface area (Å²) in [5.41, 5.74) is 0.634. The van der Waals surface area contributed by atoms with E-state index < -0.39 is 0 Å². The summed E-state index contributed by atoms with van der Waals surface area (Å²) in [5.74, 6) is 0. The van der Waals surface area contributed by atoms with Crippen LogP contribution in [-0.4, -0.2) is 15.2 Å². The average molecular weight is 223 g/mol. The highest BCUT2D eigenvalue weighted by molar-refractivity contribution is 7.99. The van der Waals surface area contributed by atoms with Crippen molar-refractivity contribution >= 4 is 11.8 Å². The SMILES string of the molecule is CCCc1cc(=O)[nH]c(S[C@H](C)C#N)n1. The average Bonchev–Trinajstić information content (AvgIpc) is 2.17. The number of aryl methyl sites for hydroxylation is 1. The molecule has 4 nitrogen and oxygen atoms in total. The first-order chi connectivity index (χ1) is 7.15. The van der Waals surface area contributed by atoms with Crippen LogP contribution in [-0.2, 0) is 6.42 Å². The fourth-order valence-corrected chi connectivity index (χ4v) is 1.83. The van der Waals surface area contributed by atoms with Crippen molar-refractivity contribution in [3.05, 3.63) is 22.1 Å². The topological polar surface area (TPSA) is 69.5 Å². The molecule has 0 aliphatic rings. The maximum atomic E-state index is 11.3. The first-order valence-electron chi connectivity index (χ1n) is 4.82. The van der Waals surface area contributed by atoms with Gasteiger partial charge in [0, 0.05) is 11.8 Å². The van der Waals surface area contributed by atoms with Crippen molar-refractivity contribution in [1.29, 1.82) is 5.26 Å². The quantitative estimate of drug-likeness (QED) is 0.623. The largest absolute Gasteiger partial charge is 0.301 e. The van der Waals surface area contributed by atoms with E-state index in [9.17, 15) is 4.79 Å². The number of H-pyrrole nitrogens is 1. The Labute approximate surface area is 92.7 Å². The van der Waals surface area contributed by atoms with E-state index in [2.05, 4.69) is 16.0 Å². The highest BCUT2D eigenvalue weighted by atomic mass is 32.2. The lowest BCUT2D eigenvalue weighted by Crippen LogP contribution is -2.11. The normalized spacial score (nSPS) is 12.1. The van der Waals surface area contributed by atoms with Crippen LogP contribution in [0.5, 0.6) is 0 Å². The summed E-state index contributed by atoms with van der Waals surface area (Å²) in [5, 5.41) is 8.97. The van der Waals surface area contributed by atoms with Gasteiger partial charge in [0.2, 0.25) is 0 Å². The van der Waals surface area contributed by atoms with Gasteiger partial charge in [0.25, 0.3) is 5.56 Å². The molecule has 1 heterocycles. The number of nitriles is 1. The fourth-order valence-electron chi connectivity index (χ4n) is 1.12. The Kier molecular flexibility index (Phi) is 4.37. The number of nitrogens with zero attached hydrogens (tertiary/aromatic N) is 2. The van der Waals surface area contributed by atoms with Gasteiger partial charge in [-0.3, -0.25) is 4.79 Å². The molecule has 0 unspecified atom stereocenters. The Morgan fingerprint density at radius 1 is 1.73 bits per heavy atom. The van der Waals surface area contributed by atoms with Gasteiger partial charge in [0.05, 0.1) is 11.3 Å². The molecule has 0 saturated carbocycles. The molecule has 0 bridgehead atoms. The molecule has 0 amide bonds. The van der Waals surface area contributed by atoms with Crippen LogP contribution in [0.1, 0.15) is 26.0 Å². The van der Waals surface area contributed by atoms with Gasteiger partial charge >= 0.3 is 0 Å². The number of hydrogen-bond donors (Lipinski definition) is 1. The third-order valence-corrected chi connectivity index (χ3v) is 2.62. The number of aromatic amines is 1. The molecule has 1 N–H and O–H groups in total. The van der Waals surface area contributed by atoms with Crippen molar-refractivity contribution in [3.63, 3.8) is 0 Å². The minimum Gasteiger partial charge on any atom is -0.301 e. The van der Waals surface area contributed by atoms with Gasteiger partial charge in [-0.2, -0.15) is 5.26 Å². The van der Waals surface area contributed by atoms with Crippen LogP contribution in [0.25, 0.3) is 0 Å². The number of rotatable bonds is 4. The second-order valence-electron chi connectivity index (χ2n) is 3.18. The summed E-state index contributed by atoms with van der Waals surface area (Å²) in [6.45, 7) is 3.81. The number of hydrogen-bond acceptors (Lipinski definition) is 4. The molecular formula is C10H13N3OS. The lowest BCUT2D eigenvalue weighted by molar-refractivity contribution is 0.815. The summed E-state index contributed by atoms with van der Waals surface area (Å²) in [7, 11) is 0. The predicted molar refractivity (Wildman–Crippen MR) is 59.8 cm³/mol. The summed E-state index contributed by atoms with van der Waals surface area (Å²) in [4.78, 5) is 18.1. The second kappa shape index (κ2) is 5.56. The molecule has 0 radical (unpaired) electrons. The van der Waals surface area contributed by atoms with Crippen molar-refractivity contribution in [2.75, 3.05) is 0 Å². The zero-order valence-corrected chi connectivity index (χ0v) is 9.60. The van der Waals surface area contributed by atoms with Crippen molar-refractivity contribution in [2.45, 2.75) is 37.1 Å². The van der Waals surface area contributed by atoms with Crippen LogP contribution in [0, 0.1) is 11.3 Å². The lowest BCUT2D eigenvalue weighted by atomic mass is 10.2. The van der Waals surface area contributed by atoms with Gasteiger partial charge in [-0.25, -0.2) is 4.98 Å². The molecule has 80 valence electrons. The molecule has 1 atom stereocenters. The van der Waals surface area contributed by atoms with Gasteiger partial charge in [0.1, 0.15) is 0 Å². The number of thioether (sulfide) groups is 1. The molecule has 0 aliphatic heterocycles. The molecule has 0 spiro atoms. The minimum absolute atomic E-state index is 0.152. The van der Waals surface area contributed by atoms with Gasteiger partial charge in [0.15, 0.2) is 5.16 Å².